The Morgan fingerprint density at radius 1 is 1.07 bits per heavy atom. The minimum atomic E-state index is -0.274. The Labute approximate surface area is 170 Å². The number of thioether (sulfide) groups is 1. The maximum Gasteiger partial charge on any atom is 0.266 e. The predicted molar refractivity (Wildman–Crippen MR) is 113 cm³/mol. The third-order valence-electron chi connectivity index (χ3n) is 4.44. The lowest BCUT2D eigenvalue weighted by Gasteiger charge is -2.14. The molecule has 0 fully saturated rings. The number of fused-ring (bicyclic) bond motifs is 1. The van der Waals surface area contributed by atoms with E-state index in [9.17, 15) is 9.18 Å². The average Bonchev–Trinajstić information content (AvgIpc) is 2.70. The summed E-state index contributed by atoms with van der Waals surface area (Å²) in [5.41, 5.74) is 3.05. The molecule has 4 aromatic rings. The smallest absolute Gasteiger partial charge is 0.266 e. The Hall–Kier alpha value is -2.63. The van der Waals surface area contributed by atoms with Crippen LogP contribution in [0.15, 0.2) is 76.7 Å². The standard InChI is InChI=1S/C22H16ClFN2OS/c1-14-6-11-17(12-19(14)23)26-21(27)18-4-2-3-5-20(18)25-22(26)28-13-15-7-9-16(24)10-8-15/h2-12H,13H2,1H3. The third kappa shape index (κ3) is 3.68. The number of para-hydroxylation sites is 1. The molecule has 0 aliphatic carbocycles. The lowest BCUT2D eigenvalue weighted by molar-refractivity contribution is 0.627. The van der Waals surface area contributed by atoms with Crippen LogP contribution < -0.4 is 5.56 Å². The first-order valence-electron chi connectivity index (χ1n) is 8.68. The van der Waals surface area contributed by atoms with Crippen LogP contribution in [0.2, 0.25) is 5.02 Å². The summed E-state index contributed by atoms with van der Waals surface area (Å²) in [6.07, 6.45) is 0. The summed E-state index contributed by atoms with van der Waals surface area (Å²) in [6.45, 7) is 1.91. The molecule has 0 aliphatic rings. The molecule has 0 atom stereocenters. The van der Waals surface area contributed by atoms with Crippen molar-refractivity contribution in [2.45, 2.75) is 17.8 Å². The molecule has 3 nitrogen and oxygen atoms in total. The molecule has 28 heavy (non-hydrogen) atoms. The second-order valence-electron chi connectivity index (χ2n) is 6.40. The van der Waals surface area contributed by atoms with E-state index in [0.29, 0.717) is 32.5 Å². The number of hydrogen-bond donors (Lipinski definition) is 0. The van der Waals surface area contributed by atoms with Crippen molar-refractivity contribution >= 4 is 34.3 Å². The lowest BCUT2D eigenvalue weighted by atomic mass is 10.2. The van der Waals surface area contributed by atoms with Gasteiger partial charge in [0.15, 0.2) is 5.16 Å². The Morgan fingerprint density at radius 3 is 2.57 bits per heavy atom. The monoisotopic (exact) mass is 410 g/mol. The normalized spacial score (nSPS) is 11.1. The van der Waals surface area contributed by atoms with Crippen LogP contribution in [0.25, 0.3) is 16.6 Å². The van der Waals surface area contributed by atoms with E-state index in [0.717, 1.165) is 11.1 Å². The van der Waals surface area contributed by atoms with Gasteiger partial charge in [-0.05, 0) is 54.4 Å². The van der Waals surface area contributed by atoms with Gasteiger partial charge in [0.25, 0.3) is 5.56 Å². The molecular formula is C22H16ClFN2OS. The van der Waals surface area contributed by atoms with E-state index in [1.165, 1.54) is 23.9 Å². The number of benzene rings is 3. The lowest BCUT2D eigenvalue weighted by Crippen LogP contribution is -2.21. The van der Waals surface area contributed by atoms with Gasteiger partial charge in [-0.2, -0.15) is 0 Å². The number of rotatable bonds is 4. The fraction of sp³-hybridized carbons (Fsp3) is 0.0909. The van der Waals surface area contributed by atoms with Crippen LogP contribution in [-0.4, -0.2) is 9.55 Å². The molecule has 0 amide bonds. The number of halogens is 2. The van der Waals surface area contributed by atoms with Crippen LogP contribution in [0.1, 0.15) is 11.1 Å². The van der Waals surface area contributed by atoms with Crippen LogP contribution in [0.4, 0.5) is 4.39 Å². The summed E-state index contributed by atoms with van der Waals surface area (Å²) >= 11 is 7.72. The van der Waals surface area contributed by atoms with E-state index >= 15 is 0 Å². The molecule has 0 aliphatic heterocycles. The molecule has 3 aromatic carbocycles. The number of aromatic nitrogens is 2. The van der Waals surface area contributed by atoms with Crippen molar-refractivity contribution in [2.75, 3.05) is 0 Å². The summed E-state index contributed by atoms with van der Waals surface area (Å²) in [5, 5.41) is 1.70. The van der Waals surface area contributed by atoms with Crippen LogP contribution in [0.5, 0.6) is 0 Å². The number of aryl methyl sites for hydroxylation is 1. The highest BCUT2D eigenvalue weighted by atomic mass is 35.5. The zero-order valence-corrected chi connectivity index (χ0v) is 16.6. The summed E-state index contributed by atoms with van der Waals surface area (Å²) in [5.74, 6) is 0.286. The van der Waals surface area contributed by atoms with Gasteiger partial charge in [0.1, 0.15) is 5.82 Å². The average molecular weight is 411 g/mol. The predicted octanol–water partition coefficient (Wildman–Crippen LogP) is 5.78. The molecule has 0 saturated carbocycles. The third-order valence-corrected chi connectivity index (χ3v) is 5.86. The molecule has 0 bridgehead atoms. The highest BCUT2D eigenvalue weighted by Crippen LogP contribution is 2.26. The SMILES string of the molecule is Cc1ccc(-n2c(SCc3ccc(F)cc3)nc3ccccc3c2=O)cc1Cl. The highest BCUT2D eigenvalue weighted by molar-refractivity contribution is 7.98. The van der Waals surface area contributed by atoms with E-state index in [1.54, 1.807) is 28.8 Å². The fourth-order valence-electron chi connectivity index (χ4n) is 2.89. The van der Waals surface area contributed by atoms with Crippen molar-refractivity contribution in [3.8, 4) is 5.69 Å². The van der Waals surface area contributed by atoms with E-state index < -0.39 is 0 Å². The molecule has 140 valence electrons. The van der Waals surface area contributed by atoms with Gasteiger partial charge >= 0.3 is 0 Å². The molecular weight excluding hydrogens is 395 g/mol. The second-order valence-corrected chi connectivity index (χ2v) is 7.75. The largest absolute Gasteiger partial charge is 0.268 e. The van der Waals surface area contributed by atoms with Crippen LogP contribution in [-0.2, 0) is 5.75 Å². The minimum absolute atomic E-state index is 0.146. The van der Waals surface area contributed by atoms with Gasteiger partial charge in [0.2, 0.25) is 0 Å². The topological polar surface area (TPSA) is 34.9 Å². The first-order chi connectivity index (χ1) is 13.5. The van der Waals surface area contributed by atoms with Crippen molar-refractivity contribution in [1.82, 2.24) is 9.55 Å². The first kappa shape index (κ1) is 18.7. The molecule has 4 rings (SSSR count). The Balaban J connectivity index is 1.84. The number of nitrogens with zero attached hydrogens (tertiary/aromatic N) is 2. The van der Waals surface area contributed by atoms with Gasteiger partial charge in [-0.25, -0.2) is 9.37 Å². The van der Waals surface area contributed by atoms with E-state index in [2.05, 4.69) is 0 Å². The van der Waals surface area contributed by atoms with Crippen molar-refractivity contribution in [3.05, 3.63) is 99.1 Å². The Kier molecular flexibility index (Phi) is 5.20. The molecule has 0 saturated heterocycles. The van der Waals surface area contributed by atoms with E-state index in [-0.39, 0.29) is 11.4 Å². The molecule has 1 heterocycles. The van der Waals surface area contributed by atoms with Gasteiger partial charge in [-0.3, -0.25) is 9.36 Å². The van der Waals surface area contributed by atoms with Gasteiger partial charge in [0, 0.05) is 10.8 Å². The second kappa shape index (κ2) is 7.78. The molecule has 0 unspecified atom stereocenters. The van der Waals surface area contributed by atoms with Gasteiger partial charge in [0.05, 0.1) is 16.6 Å². The summed E-state index contributed by atoms with van der Waals surface area (Å²) in [7, 11) is 0. The zero-order valence-electron chi connectivity index (χ0n) is 15.0. The molecule has 6 heteroatoms. The summed E-state index contributed by atoms with van der Waals surface area (Å²) < 4.78 is 14.7. The Bertz CT molecular complexity index is 1220. The summed E-state index contributed by atoms with van der Waals surface area (Å²) in [4.78, 5) is 17.9. The van der Waals surface area contributed by atoms with Crippen LogP contribution >= 0.6 is 23.4 Å². The minimum Gasteiger partial charge on any atom is -0.268 e. The van der Waals surface area contributed by atoms with Crippen LogP contribution in [0.3, 0.4) is 0 Å². The van der Waals surface area contributed by atoms with Crippen molar-refractivity contribution in [2.24, 2.45) is 0 Å². The van der Waals surface area contributed by atoms with Gasteiger partial charge in [-0.15, -0.1) is 0 Å². The Morgan fingerprint density at radius 2 is 1.82 bits per heavy atom. The van der Waals surface area contributed by atoms with E-state index in [1.807, 2.05) is 37.3 Å². The fourth-order valence-corrected chi connectivity index (χ4v) is 4.03. The molecule has 0 N–H and O–H groups in total. The van der Waals surface area contributed by atoms with Crippen molar-refractivity contribution in [1.29, 1.82) is 0 Å². The molecule has 0 radical (unpaired) electrons. The number of hydrogen-bond acceptors (Lipinski definition) is 3. The van der Waals surface area contributed by atoms with Crippen molar-refractivity contribution in [3.63, 3.8) is 0 Å². The highest BCUT2D eigenvalue weighted by Gasteiger charge is 2.14. The first-order valence-corrected chi connectivity index (χ1v) is 10.0. The van der Waals surface area contributed by atoms with Gasteiger partial charge < -0.3 is 0 Å². The van der Waals surface area contributed by atoms with Gasteiger partial charge in [-0.1, -0.05) is 53.7 Å². The van der Waals surface area contributed by atoms with E-state index in [4.69, 9.17) is 16.6 Å². The quantitative estimate of drug-likeness (QED) is 0.316. The molecule has 0 spiro atoms. The maximum atomic E-state index is 13.2. The maximum absolute atomic E-state index is 13.2. The van der Waals surface area contributed by atoms with Crippen molar-refractivity contribution < 1.29 is 4.39 Å². The summed E-state index contributed by atoms with van der Waals surface area (Å²) in [6, 6.07) is 19.1. The zero-order chi connectivity index (χ0) is 19.7. The van der Waals surface area contributed by atoms with Crippen LogP contribution in [0, 0.1) is 12.7 Å². The molecule has 1 aromatic heterocycles.